The second-order valence-electron chi connectivity index (χ2n) is 8.10. The van der Waals surface area contributed by atoms with Crippen LogP contribution in [0.4, 0.5) is 0 Å². The summed E-state index contributed by atoms with van der Waals surface area (Å²) in [6.45, 7) is 6.26. The summed E-state index contributed by atoms with van der Waals surface area (Å²) < 4.78 is 4.07. The van der Waals surface area contributed by atoms with Crippen molar-refractivity contribution in [1.29, 1.82) is 5.26 Å². The normalized spacial score (nSPS) is 12.1. The molecule has 0 fully saturated rings. The third-order valence-corrected chi connectivity index (χ3v) is 5.35. The van der Waals surface area contributed by atoms with E-state index in [1.54, 1.807) is 12.3 Å². The van der Waals surface area contributed by atoms with E-state index in [0.29, 0.717) is 16.7 Å². The van der Waals surface area contributed by atoms with Crippen LogP contribution in [0.2, 0.25) is 0 Å². The zero-order valence-corrected chi connectivity index (χ0v) is 18.5. The van der Waals surface area contributed by atoms with Crippen LogP contribution in [0.25, 0.3) is 21.8 Å². The van der Waals surface area contributed by atoms with Crippen molar-refractivity contribution in [2.45, 2.75) is 32.7 Å². The lowest BCUT2D eigenvalue weighted by Crippen LogP contribution is -2.29. The second kappa shape index (κ2) is 7.54. The van der Waals surface area contributed by atoms with Gasteiger partial charge in [-0.3, -0.25) is 4.79 Å². The molecule has 0 aliphatic heterocycles. The van der Waals surface area contributed by atoms with Gasteiger partial charge >= 0.3 is 0 Å². The largest absolute Gasteiger partial charge is 0.333 e. The molecular weight excluding hydrogens is 442 g/mol. The average molecular weight is 462 g/mol. The first-order chi connectivity index (χ1) is 14.3. The number of benzene rings is 2. The fourth-order valence-electron chi connectivity index (χ4n) is 3.45. The summed E-state index contributed by atoms with van der Waals surface area (Å²) in [5.41, 5.74) is 1.83. The summed E-state index contributed by atoms with van der Waals surface area (Å²) in [4.78, 5) is 18.0. The maximum atomic E-state index is 13.3. The number of aromatic nitrogens is 3. The number of nitrogens with zero attached hydrogens (tertiary/aromatic N) is 5. The van der Waals surface area contributed by atoms with Crippen molar-refractivity contribution >= 4 is 44.0 Å². The van der Waals surface area contributed by atoms with Crippen LogP contribution in [0.15, 0.2) is 63.0 Å². The lowest BCUT2D eigenvalue weighted by molar-refractivity contribution is 0.506. The molecule has 2 aromatic carbocycles. The minimum atomic E-state index is -0.382. The zero-order chi connectivity index (χ0) is 21.5. The van der Waals surface area contributed by atoms with Gasteiger partial charge in [-0.1, -0.05) is 54.9 Å². The molecule has 0 radical (unpaired) electrons. The summed E-state index contributed by atoms with van der Waals surface area (Å²) in [6, 6.07) is 15.5. The Balaban J connectivity index is 1.93. The molecule has 0 saturated heterocycles. The number of hydrogen-bond donors (Lipinski definition) is 0. The van der Waals surface area contributed by atoms with Gasteiger partial charge in [-0.2, -0.15) is 15.0 Å². The van der Waals surface area contributed by atoms with E-state index in [-0.39, 0.29) is 17.5 Å². The van der Waals surface area contributed by atoms with Gasteiger partial charge in [-0.15, -0.1) is 0 Å². The molecule has 0 atom stereocenters. The molecule has 0 amide bonds. The van der Waals surface area contributed by atoms with Crippen LogP contribution in [-0.2, 0) is 12.0 Å². The maximum absolute atomic E-state index is 13.3. The smallest absolute Gasteiger partial charge is 0.282 e. The van der Waals surface area contributed by atoms with Crippen LogP contribution in [0.3, 0.4) is 0 Å². The summed E-state index contributed by atoms with van der Waals surface area (Å²) in [5.74, 6) is 0.583. The van der Waals surface area contributed by atoms with E-state index >= 15 is 0 Å². The van der Waals surface area contributed by atoms with Crippen molar-refractivity contribution < 1.29 is 0 Å². The van der Waals surface area contributed by atoms with Gasteiger partial charge in [0.2, 0.25) is 0 Å². The highest BCUT2D eigenvalue weighted by Gasteiger charge is 2.23. The molecule has 0 saturated carbocycles. The first-order valence-electron chi connectivity index (χ1n) is 9.51. The van der Waals surface area contributed by atoms with E-state index in [2.05, 4.69) is 27.1 Å². The third kappa shape index (κ3) is 3.55. The Hall–Kier alpha value is -3.24. The van der Waals surface area contributed by atoms with E-state index in [0.717, 1.165) is 20.9 Å². The van der Waals surface area contributed by atoms with E-state index in [4.69, 9.17) is 10.2 Å². The summed E-state index contributed by atoms with van der Waals surface area (Å²) in [6.07, 6.45) is 3.54. The van der Waals surface area contributed by atoms with E-state index in [1.807, 2.05) is 67.9 Å². The highest BCUT2D eigenvalue weighted by atomic mass is 79.9. The number of rotatable bonds is 3. The van der Waals surface area contributed by atoms with Gasteiger partial charge in [0.05, 0.1) is 23.2 Å². The van der Waals surface area contributed by atoms with Crippen molar-refractivity contribution in [2.75, 3.05) is 0 Å². The Morgan fingerprint density at radius 1 is 1.20 bits per heavy atom. The minimum Gasteiger partial charge on any atom is -0.333 e. The van der Waals surface area contributed by atoms with Crippen LogP contribution in [0.5, 0.6) is 0 Å². The van der Waals surface area contributed by atoms with E-state index in [1.165, 1.54) is 4.68 Å². The fourth-order valence-corrected chi connectivity index (χ4v) is 3.81. The number of nitriles is 1. The molecule has 0 bridgehead atoms. The Kier molecular flexibility index (Phi) is 5.04. The molecule has 0 aliphatic rings. The number of para-hydroxylation sites is 1. The van der Waals surface area contributed by atoms with Crippen molar-refractivity contribution in [2.24, 2.45) is 5.10 Å². The van der Waals surface area contributed by atoms with E-state index < -0.39 is 0 Å². The quantitative estimate of drug-likeness (QED) is 0.410. The Bertz CT molecular complexity index is 1400. The zero-order valence-electron chi connectivity index (χ0n) is 16.9. The topological polar surface area (TPSA) is 76.0 Å². The molecule has 7 heteroatoms. The Morgan fingerprint density at radius 3 is 2.70 bits per heavy atom. The lowest BCUT2D eigenvalue weighted by Gasteiger charge is -2.20. The highest BCUT2D eigenvalue weighted by molar-refractivity contribution is 9.10. The predicted molar refractivity (Wildman–Crippen MR) is 123 cm³/mol. The van der Waals surface area contributed by atoms with Gasteiger partial charge in [0.1, 0.15) is 12.4 Å². The van der Waals surface area contributed by atoms with Gasteiger partial charge in [0.15, 0.2) is 0 Å². The van der Waals surface area contributed by atoms with Crippen LogP contribution in [0.1, 0.15) is 32.2 Å². The number of hydrogen-bond acceptors (Lipinski definition) is 4. The van der Waals surface area contributed by atoms with Crippen molar-refractivity contribution in [1.82, 2.24) is 14.2 Å². The average Bonchev–Trinajstić information content (AvgIpc) is 3.05. The lowest BCUT2D eigenvalue weighted by atomic mass is 9.95. The molecule has 0 unspecified atom stereocenters. The molecule has 0 N–H and O–H groups in total. The van der Waals surface area contributed by atoms with Crippen LogP contribution in [-0.4, -0.2) is 20.4 Å². The Labute approximate surface area is 182 Å². The van der Waals surface area contributed by atoms with Crippen molar-refractivity contribution in [3.05, 3.63) is 74.9 Å². The van der Waals surface area contributed by atoms with Gasteiger partial charge in [-0.05, 0) is 24.3 Å². The summed E-state index contributed by atoms with van der Waals surface area (Å²) in [7, 11) is 0. The number of fused-ring (bicyclic) bond motifs is 2. The second-order valence-corrected chi connectivity index (χ2v) is 9.01. The van der Waals surface area contributed by atoms with Crippen molar-refractivity contribution in [3.63, 3.8) is 0 Å². The monoisotopic (exact) mass is 461 g/mol. The van der Waals surface area contributed by atoms with Crippen molar-refractivity contribution in [3.8, 4) is 6.07 Å². The molecular formula is C23H20BrN5O. The Morgan fingerprint density at radius 2 is 1.97 bits per heavy atom. The van der Waals surface area contributed by atoms with Crippen LogP contribution < -0.4 is 5.56 Å². The summed E-state index contributed by atoms with van der Waals surface area (Å²) >= 11 is 3.43. The molecule has 0 aliphatic carbocycles. The molecule has 0 spiro atoms. The predicted octanol–water partition coefficient (Wildman–Crippen LogP) is 4.82. The van der Waals surface area contributed by atoms with Gasteiger partial charge < -0.3 is 4.57 Å². The molecule has 6 nitrogen and oxygen atoms in total. The first kappa shape index (κ1) is 20.0. The van der Waals surface area contributed by atoms with Crippen LogP contribution in [0, 0.1) is 11.3 Å². The maximum Gasteiger partial charge on any atom is 0.282 e. The molecule has 2 aromatic heterocycles. The van der Waals surface area contributed by atoms with E-state index in [9.17, 15) is 4.79 Å². The van der Waals surface area contributed by atoms with Gasteiger partial charge in [0, 0.05) is 32.6 Å². The van der Waals surface area contributed by atoms with Gasteiger partial charge in [0.25, 0.3) is 5.56 Å². The summed E-state index contributed by atoms with van der Waals surface area (Å²) in [5, 5.41) is 15.1. The molecule has 2 heterocycles. The third-order valence-electron chi connectivity index (χ3n) is 4.85. The first-order valence-corrected chi connectivity index (χ1v) is 10.3. The molecule has 4 rings (SSSR count). The van der Waals surface area contributed by atoms with Crippen LogP contribution >= 0.6 is 15.9 Å². The molecule has 150 valence electrons. The highest BCUT2D eigenvalue weighted by Crippen LogP contribution is 2.24. The molecule has 30 heavy (non-hydrogen) atoms. The van der Waals surface area contributed by atoms with Gasteiger partial charge in [-0.25, -0.2) is 4.98 Å². The molecule has 4 aromatic rings. The minimum absolute atomic E-state index is 0.219. The standard InChI is InChI=1S/C23H20BrN5O/c1-23(2,3)22-27-19-9-8-16(24)12-18(19)21(30)29(22)26-13-15-14-28(11-10-25)20-7-5-4-6-17(15)20/h4-9,12-14H,11H2,1-3H3. The fraction of sp³-hybridized carbons (Fsp3) is 0.217. The number of halogens is 1. The SMILES string of the molecule is CC(C)(C)c1nc2ccc(Br)cc2c(=O)n1N=Cc1cn(CC#N)c2ccccc12.